The van der Waals surface area contributed by atoms with E-state index >= 15 is 0 Å². The van der Waals surface area contributed by atoms with Gasteiger partial charge in [0.2, 0.25) is 0 Å². The second-order valence-corrected chi connectivity index (χ2v) is 10.7. The van der Waals surface area contributed by atoms with Crippen LogP contribution in [0.1, 0.15) is 48.1 Å². The van der Waals surface area contributed by atoms with Gasteiger partial charge in [0.1, 0.15) is 11.9 Å². The number of halogens is 1. The van der Waals surface area contributed by atoms with Crippen LogP contribution < -0.4 is 4.90 Å². The summed E-state index contributed by atoms with van der Waals surface area (Å²) < 4.78 is 2.18. The van der Waals surface area contributed by atoms with E-state index in [-0.39, 0.29) is 12.0 Å². The van der Waals surface area contributed by atoms with E-state index in [9.17, 15) is 5.26 Å². The number of imidazole rings is 1. The summed E-state index contributed by atoms with van der Waals surface area (Å²) in [4.78, 5) is 9.92. The Hall–Kier alpha value is -3.85. The summed E-state index contributed by atoms with van der Waals surface area (Å²) >= 11 is 6.22. The second-order valence-electron chi connectivity index (χ2n) is 10.2. The van der Waals surface area contributed by atoms with Crippen LogP contribution in [0.5, 0.6) is 0 Å². The molecular weight excluding hydrogens is 490 g/mol. The summed E-state index contributed by atoms with van der Waals surface area (Å²) in [7, 11) is 0. The van der Waals surface area contributed by atoms with Gasteiger partial charge in [0.05, 0.1) is 22.6 Å². The highest BCUT2D eigenvalue weighted by molar-refractivity contribution is 6.30. The Morgan fingerprint density at radius 3 is 2.18 bits per heavy atom. The molecule has 0 aliphatic carbocycles. The molecule has 1 atom stereocenters. The van der Waals surface area contributed by atoms with E-state index in [2.05, 4.69) is 88.7 Å². The molecule has 0 bridgehead atoms. The highest BCUT2D eigenvalue weighted by Gasteiger charge is 2.29. The van der Waals surface area contributed by atoms with E-state index in [0.717, 1.165) is 59.3 Å². The van der Waals surface area contributed by atoms with Crippen LogP contribution in [0, 0.1) is 11.3 Å². The van der Waals surface area contributed by atoms with Crippen LogP contribution in [-0.2, 0) is 0 Å². The van der Waals surface area contributed by atoms with Crippen LogP contribution in [0.2, 0.25) is 5.02 Å². The average Bonchev–Trinajstić information content (AvgIpc) is 3.34. The largest absolute Gasteiger partial charge is 0.355 e. The Balaban J connectivity index is 1.38. The van der Waals surface area contributed by atoms with Crippen molar-refractivity contribution in [2.24, 2.45) is 0 Å². The quantitative estimate of drug-likeness (QED) is 0.249. The molecule has 0 radical (unpaired) electrons. The smallest absolute Gasteiger partial charge is 0.157 e. The topological polar surface area (TPSA) is 47.6 Å². The third-order valence-corrected chi connectivity index (χ3v) is 7.88. The summed E-state index contributed by atoms with van der Waals surface area (Å²) in [6, 6.07) is 31.9. The third kappa shape index (κ3) is 4.30. The SMILES string of the molecule is CC(C)c1cc(N2CCN([C@@H](c3ccccc3)c3ccc(Cl)cc3)CC2)n2c(nc3ccccc32)c1C#N. The van der Waals surface area contributed by atoms with Gasteiger partial charge in [0, 0.05) is 31.2 Å². The molecule has 5 aromatic rings. The highest BCUT2D eigenvalue weighted by Crippen LogP contribution is 2.35. The van der Waals surface area contributed by atoms with E-state index in [1.165, 1.54) is 11.1 Å². The fraction of sp³-hybridized carbons (Fsp3) is 0.250. The molecule has 1 aliphatic rings. The summed E-state index contributed by atoms with van der Waals surface area (Å²) in [5.74, 6) is 1.33. The first-order valence-corrected chi connectivity index (χ1v) is 13.6. The van der Waals surface area contributed by atoms with E-state index in [4.69, 9.17) is 16.6 Å². The van der Waals surface area contributed by atoms with Crippen molar-refractivity contribution in [2.75, 3.05) is 31.1 Å². The Bertz CT molecular complexity index is 1620. The molecule has 0 saturated carbocycles. The summed E-state index contributed by atoms with van der Waals surface area (Å²) in [5, 5.41) is 10.8. The van der Waals surface area contributed by atoms with Gasteiger partial charge in [-0.05, 0) is 52.9 Å². The lowest BCUT2D eigenvalue weighted by atomic mass is 9.96. The number of anilines is 1. The second kappa shape index (κ2) is 10.1. The van der Waals surface area contributed by atoms with E-state index in [1.54, 1.807) is 0 Å². The number of hydrogen-bond acceptors (Lipinski definition) is 4. The van der Waals surface area contributed by atoms with Gasteiger partial charge in [-0.1, -0.05) is 80.0 Å². The lowest BCUT2D eigenvalue weighted by Crippen LogP contribution is -2.48. The predicted octanol–water partition coefficient (Wildman–Crippen LogP) is 7.05. The lowest BCUT2D eigenvalue weighted by Gasteiger charge is -2.41. The van der Waals surface area contributed by atoms with Gasteiger partial charge in [0.15, 0.2) is 5.65 Å². The number of hydrogen-bond donors (Lipinski definition) is 0. The molecule has 3 heterocycles. The van der Waals surface area contributed by atoms with Crippen LogP contribution >= 0.6 is 11.6 Å². The maximum absolute atomic E-state index is 10.1. The summed E-state index contributed by atoms with van der Waals surface area (Å²) in [6.07, 6.45) is 0. The number of rotatable bonds is 5. The zero-order chi connectivity index (χ0) is 26.2. The van der Waals surface area contributed by atoms with Crippen LogP contribution in [0.4, 0.5) is 5.82 Å². The fourth-order valence-corrected chi connectivity index (χ4v) is 5.86. The number of piperazine rings is 1. The van der Waals surface area contributed by atoms with Gasteiger partial charge in [-0.25, -0.2) is 4.98 Å². The van der Waals surface area contributed by atoms with Crippen LogP contribution in [0.3, 0.4) is 0 Å². The molecule has 2 aromatic heterocycles. The lowest BCUT2D eigenvalue weighted by molar-refractivity contribution is 0.212. The average molecular weight is 520 g/mol. The van der Waals surface area contributed by atoms with Crippen molar-refractivity contribution >= 4 is 34.1 Å². The first-order chi connectivity index (χ1) is 18.5. The molecule has 0 unspecified atom stereocenters. The minimum atomic E-state index is 0.164. The number of nitrogens with zero attached hydrogens (tertiary/aromatic N) is 5. The van der Waals surface area contributed by atoms with Gasteiger partial charge in [-0.15, -0.1) is 0 Å². The molecular formula is C32H30ClN5. The molecule has 3 aromatic carbocycles. The van der Waals surface area contributed by atoms with Crippen molar-refractivity contribution in [3.63, 3.8) is 0 Å². The maximum Gasteiger partial charge on any atom is 0.157 e. The minimum absolute atomic E-state index is 0.164. The van der Waals surface area contributed by atoms with Crippen LogP contribution in [0.25, 0.3) is 16.7 Å². The van der Waals surface area contributed by atoms with Crippen molar-refractivity contribution in [2.45, 2.75) is 25.8 Å². The number of nitriles is 1. The van der Waals surface area contributed by atoms with E-state index in [1.807, 2.05) is 30.3 Å². The minimum Gasteiger partial charge on any atom is -0.355 e. The molecule has 0 N–H and O–H groups in total. The molecule has 1 fully saturated rings. The number of aromatic nitrogens is 2. The highest BCUT2D eigenvalue weighted by atomic mass is 35.5. The standard InChI is InChI=1S/C32H30ClN5/c1-22(2)26-20-30(38-29-11-7-6-10-28(29)35-32(38)27(26)21-34)36-16-18-37(19-17-36)31(23-8-4-3-5-9-23)24-12-14-25(33)15-13-24/h3-15,20,22,31H,16-19H2,1-2H3/t31-/m0/s1. The Morgan fingerprint density at radius 2 is 1.50 bits per heavy atom. The van der Waals surface area contributed by atoms with Gasteiger partial charge in [-0.3, -0.25) is 9.30 Å². The van der Waals surface area contributed by atoms with Gasteiger partial charge in [0.25, 0.3) is 0 Å². The monoisotopic (exact) mass is 519 g/mol. The number of benzene rings is 3. The Labute approximate surface area is 228 Å². The number of para-hydroxylation sites is 2. The van der Waals surface area contributed by atoms with Gasteiger partial charge >= 0.3 is 0 Å². The predicted molar refractivity (Wildman–Crippen MR) is 155 cm³/mol. The maximum atomic E-state index is 10.1. The zero-order valence-corrected chi connectivity index (χ0v) is 22.4. The molecule has 6 rings (SSSR count). The molecule has 6 heteroatoms. The molecule has 1 saturated heterocycles. The normalized spacial score (nSPS) is 15.3. The molecule has 38 heavy (non-hydrogen) atoms. The van der Waals surface area contributed by atoms with Crippen molar-refractivity contribution in [3.8, 4) is 6.07 Å². The van der Waals surface area contributed by atoms with Crippen LogP contribution in [-0.4, -0.2) is 40.5 Å². The van der Waals surface area contributed by atoms with Gasteiger partial charge in [-0.2, -0.15) is 5.26 Å². The van der Waals surface area contributed by atoms with Crippen molar-refractivity contribution in [1.29, 1.82) is 5.26 Å². The Morgan fingerprint density at radius 1 is 0.842 bits per heavy atom. The van der Waals surface area contributed by atoms with Crippen molar-refractivity contribution < 1.29 is 0 Å². The molecule has 1 aliphatic heterocycles. The summed E-state index contributed by atoms with van der Waals surface area (Å²) in [5.41, 5.74) is 6.96. The number of fused-ring (bicyclic) bond motifs is 3. The van der Waals surface area contributed by atoms with Crippen molar-refractivity contribution in [1.82, 2.24) is 14.3 Å². The van der Waals surface area contributed by atoms with E-state index < -0.39 is 0 Å². The summed E-state index contributed by atoms with van der Waals surface area (Å²) in [6.45, 7) is 7.87. The molecule has 190 valence electrons. The van der Waals surface area contributed by atoms with Crippen molar-refractivity contribution in [3.05, 3.63) is 112 Å². The Kier molecular flexibility index (Phi) is 6.53. The third-order valence-electron chi connectivity index (χ3n) is 7.63. The molecule has 5 nitrogen and oxygen atoms in total. The first-order valence-electron chi connectivity index (χ1n) is 13.2. The van der Waals surface area contributed by atoms with Crippen LogP contribution in [0.15, 0.2) is 84.9 Å². The molecule has 0 amide bonds. The zero-order valence-electron chi connectivity index (χ0n) is 21.7. The molecule has 0 spiro atoms. The first kappa shape index (κ1) is 24.5. The van der Waals surface area contributed by atoms with Gasteiger partial charge < -0.3 is 4.90 Å². The van der Waals surface area contributed by atoms with E-state index in [0.29, 0.717) is 5.56 Å². The fourth-order valence-electron chi connectivity index (χ4n) is 5.74. The number of pyridine rings is 1.